The molecule has 0 spiro atoms. The monoisotopic (exact) mass is 479 g/mol. The van der Waals surface area contributed by atoms with Gasteiger partial charge in [-0.15, -0.1) is 0 Å². The Balaban J connectivity index is 1.46. The first-order chi connectivity index (χ1) is 16.3. The summed E-state index contributed by atoms with van der Waals surface area (Å²) < 4.78 is 27.8. The van der Waals surface area contributed by atoms with Crippen molar-refractivity contribution in [3.05, 3.63) is 83.9 Å². The van der Waals surface area contributed by atoms with Gasteiger partial charge in [-0.05, 0) is 47.5 Å². The largest absolute Gasteiger partial charge is 0.491 e. The van der Waals surface area contributed by atoms with E-state index in [9.17, 15) is 23.9 Å². The molecule has 0 saturated heterocycles. The van der Waals surface area contributed by atoms with Gasteiger partial charge in [-0.1, -0.05) is 47.2 Å². The van der Waals surface area contributed by atoms with Gasteiger partial charge in [0, 0.05) is 0 Å². The minimum absolute atomic E-state index is 0.105. The first-order valence-electron chi connectivity index (χ1n) is 10.2. The van der Waals surface area contributed by atoms with Crippen LogP contribution in [-0.4, -0.2) is 55.2 Å². The van der Waals surface area contributed by atoms with Crippen molar-refractivity contribution in [1.82, 2.24) is 9.37 Å². The van der Waals surface area contributed by atoms with Crippen molar-refractivity contribution in [3.8, 4) is 22.9 Å². The topological polar surface area (TPSA) is 134 Å². The van der Waals surface area contributed by atoms with E-state index in [0.717, 1.165) is 15.4 Å². The van der Waals surface area contributed by atoms with Gasteiger partial charge in [0.2, 0.25) is 6.41 Å². The Bertz CT molecular complexity index is 1240. The number of carbonyl (C=O) groups is 2. The Morgan fingerprint density at radius 1 is 1.03 bits per heavy atom. The van der Waals surface area contributed by atoms with Gasteiger partial charge in [0.05, 0.1) is 28.6 Å². The van der Waals surface area contributed by atoms with Gasteiger partial charge in [-0.2, -0.15) is 5.26 Å². The molecule has 174 valence electrons. The summed E-state index contributed by atoms with van der Waals surface area (Å²) in [5.41, 5.74) is 2.55. The number of amides is 2. The van der Waals surface area contributed by atoms with Gasteiger partial charge >= 0.3 is 0 Å². The second kappa shape index (κ2) is 9.54. The molecule has 10 heteroatoms. The van der Waals surface area contributed by atoms with E-state index < -0.39 is 22.7 Å². The van der Waals surface area contributed by atoms with Crippen molar-refractivity contribution in [2.24, 2.45) is 0 Å². The average molecular weight is 480 g/mol. The quantitative estimate of drug-likeness (QED) is 0.252. The van der Waals surface area contributed by atoms with Crippen molar-refractivity contribution < 1.29 is 28.6 Å². The van der Waals surface area contributed by atoms with Crippen LogP contribution in [-0.2, 0) is 4.79 Å². The first-order valence-corrected chi connectivity index (χ1v) is 11.7. The predicted octanol–water partition coefficient (Wildman–Crippen LogP) is 4.00. The summed E-state index contributed by atoms with van der Waals surface area (Å²) >= 11 is 0. The Labute approximate surface area is 197 Å². The maximum atomic E-state index is 12.7. The molecule has 0 bridgehead atoms. The molecule has 34 heavy (non-hydrogen) atoms. The highest BCUT2D eigenvalue weighted by Crippen LogP contribution is 2.58. The normalized spacial score (nSPS) is 15.7. The molecule has 9 nitrogen and oxygen atoms in total. The van der Waals surface area contributed by atoms with Crippen LogP contribution in [0.3, 0.4) is 0 Å². The molecular weight excluding hydrogens is 458 g/mol. The Morgan fingerprint density at radius 3 is 2.24 bits per heavy atom. The fourth-order valence-corrected chi connectivity index (χ4v) is 5.26. The molecule has 1 atom stereocenters. The molecule has 3 aromatic rings. The lowest BCUT2D eigenvalue weighted by Crippen LogP contribution is -2.46. The van der Waals surface area contributed by atoms with Crippen LogP contribution in [0, 0.1) is 11.3 Å². The minimum atomic E-state index is -3.60. The van der Waals surface area contributed by atoms with Crippen LogP contribution in [0.2, 0.25) is 0 Å². The summed E-state index contributed by atoms with van der Waals surface area (Å²) in [5.74, 6) is -0.156. The zero-order chi connectivity index (χ0) is 24.3. The fourth-order valence-electron chi connectivity index (χ4n) is 3.60. The Kier molecular flexibility index (Phi) is 6.54. The average Bonchev–Trinajstić information content (AvgIpc) is 3.06. The van der Waals surface area contributed by atoms with Gasteiger partial charge < -0.3 is 4.74 Å². The molecule has 1 unspecified atom stereocenters. The molecule has 0 aromatic heterocycles. The summed E-state index contributed by atoms with van der Waals surface area (Å²) in [7, 11) is -3.60. The first kappa shape index (κ1) is 23.3. The molecule has 4 rings (SSSR count). The molecule has 0 saturated carbocycles. The molecular formula is C24H21N3O6S. The SMILES string of the molecule is N#Cc1ccc(-c2ccc(OCC(CN3C(=O)c4ccccc4S3(O)O)N(O)C=O)cc2)cc1. The van der Waals surface area contributed by atoms with E-state index in [2.05, 4.69) is 6.07 Å². The van der Waals surface area contributed by atoms with Gasteiger partial charge in [-0.25, -0.2) is 9.37 Å². The molecule has 2 amide bonds. The Morgan fingerprint density at radius 2 is 1.65 bits per heavy atom. The van der Waals surface area contributed by atoms with Gasteiger partial charge in [0.25, 0.3) is 5.91 Å². The Hall–Kier alpha value is -3.88. The maximum Gasteiger partial charge on any atom is 0.274 e. The number of nitrogens with zero attached hydrogens (tertiary/aromatic N) is 3. The molecule has 1 aliphatic rings. The molecule has 1 aliphatic heterocycles. The highest BCUT2D eigenvalue weighted by Gasteiger charge is 2.42. The van der Waals surface area contributed by atoms with Crippen molar-refractivity contribution in [1.29, 1.82) is 5.26 Å². The number of benzene rings is 3. The number of hydrogen-bond donors (Lipinski definition) is 3. The van der Waals surface area contributed by atoms with Crippen LogP contribution in [0.5, 0.6) is 5.75 Å². The summed E-state index contributed by atoms with van der Waals surface area (Å²) in [6, 6.07) is 21.3. The molecule has 0 aliphatic carbocycles. The van der Waals surface area contributed by atoms with Crippen LogP contribution in [0.15, 0.2) is 77.7 Å². The highest BCUT2D eigenvalue weighted by atomic mass is 32.3. The zero-order valence-corrected chi connectivity index (χ0v) is 18.6. The molecule has 1 heterocycles. The third-order valence-corrected chi connectivity index (χ3v) is 7.32. The second-order valence-corrected chi connectivity index (χ2v) is 9.46. The van der Waals surface area contributed by atoms with Crippen molar-refractivity contribution in [2.45, 2.75) is 10.9 Å². The number of rotatable bonds is 8. The lowest BCUT2D eigenvalue weighted by molar-refractivity contribution is -0.163. The molecule has 3 aromatic carbocycles. The summed E-state index contributed by atoms with van der Waals surface area (Å²) in [5, 5.41) is 19.3. The van der Waals surface area contributed by atoms with E-state index in [1.165, 1.54) is 12.1 Å². The van der Waals surface area contributed by atoms with E-state index in [0.29, 0.717) is 16.4 Å². The van der Waals surface area contributed by atoms with Crippen LogP contribution < -0.4 is 4.74 Å². The van der Waals surface area contributed by atoms with E-state index >= 15 is 0 Å². The number of carbonyl (C=O) groups excluding carboxylic acids is 2. The van der Waals surface area contributed by atoms with E-state index in [1.807, 2.05) is 24.3 Å². The molecule has 0 fully saturated rings. The van der Waals surface area contributed by atoms with Crippen LogP contribution in [0.4, 0.5) is 0 Å². The summed E-state index contributed by atoms with van der Waals surface area (Å²) in [4.78, 5) is 24.0. The molecule has 3 N–H and O–H groups in total. The van der Waals surface area contributed by atoms with Gasteiger partial charge in [-0.3, -0.25) is 23.9 Å². The van der Waals surface area contributed by atoms with Crippen molar-refractivity contribution >= 4 is 23.1 Å². The minimum Gasteiger partial charge on any atom is -0.491 e. The fraction of sp³-hybridized carbons (Fsp3) is 0.125. The number of hydrogen-bond acceptors (Lipinski definition) is 7. The third kappa shape index (κ3) is 4.46. The smallest absolute Gasteiger partial charge is 0.274 e. The number of nitriles is 1. The number of ether oxygens (including phenoxy) is 1. The van der Waals surface area contributed by atoms with E-state index in [4.69, 9.17) is 10.00 Å². The molecule has 0 radical (unpaired) electrons. The number of hydroxylamine groups is 2. The lowest BCUT2D eigenvalue weighted by Gasteiger charge is -2.39. The van der Waals surface area contributed by atoms with Crippen LogP contribution in [0.25, 0.3) is 11.1 Å². The van der Waals surface area contributed by atoms with E-state index in [-0.39, 0.29) is 30.0 Å². The van der Waals surface area contributed by atoms with Crippen LogP contribution in [0.1, 0.15) is 15.9 Å². The van der Waals surface area contributed by atoms with E-state index in [1.54, 1.807) is 36.4 Å². The predicted molar refractivity (Wildman–Crippen MR) is 124 cm³/mol. The van der Waals surface area contributed by atoms with Gasteiger partial charge in [0.1, 0.15) is 18.4 Å². The summed E-state index contributed by atoms with van der Waals surface area (Å²) in [6.45, 7) is -0.560. The van der Waals surface area contributed by atoms with Crippen molar-refractivity contribution in [2.75, 3.05) is 13.2 Å². The lowest BCUT2D eigenvalue weighted by atomic mass is 10.0. The zero-order valence-electron chi connectivity index (χ0n) is 17.8. The third-order valence-electron chi connectivity index (χ3n) is 5.45. The summed E-state index contributed by atoms with van der Waals surface area (Å²) in [6.07, 6.45) is 0.168. The van der Waals surface area contributed by atoms with Crippen molar-refractivity contribution in [3.63, 3.8) is 0 Å². The standard InChI is InChI=1S/C24H21N3O6S/c25-13-17-5-7-18(8-6-17)19-9-11-21(12-10-19)33-15-20(26(30)16-28)14-27-24(29)22-3-1-2-4-23(22)34(27,31)32/h1-12,16,20,30-32H,14-15H2. The highest BCUT2D eigenvalue weighted by molar-refractivity contribution is 8.23. The van der Waals surface area contributed by atoms with Crippen LogP contribution >= 0.6 is 10.8 Å². The maximum absolute atomic E-state index is 12.7. The number of fused-ring (bicyclic) bond motifs is 1. The second-order valence-electron chi connectivity index (χ2n) is 7.54. The van der Waals surface area contributed by atoms with Gasteiger partial charge in [0.15, 0.2) is 0 Å².